The van der Waals surface area contributed by atoms with Gasteiger partial charge >= 0.3 is 0 Å². The lowest BCUT2D eigenvalue weighted by molar-refractivity contribution is -0.132. The number of benzene rings is 3. The fraction of sp³-hybridized carbons (Fsp3) is 0.0833. The van der Waals surface area contributed by atoms with E-state index in [1.807, 2.05) is 6.92 Å². The van der Waals surface area contributed by atoms with Gasteiger partial charge in [-0.05, 0) is 54.4 Å². The van der Waals surface area contributed by atoms with Crippen molar-refractivity contribution in [2.75, 3.05) is 4.90 Å². The molecule has 3 aromatic carbocycles. The van der Waals surface area contributed by atoms with E-state index in [0.29, 0.717) is 11.1 Å². The summed E-state index contributed by atoms with van der Waals surface area (Å²) in [5, 5.41) is 31.5. The molecule has 1 heterocycles. The Balaban J connectivity index is 1.99. The molecule has 0 aromatic heterocycles. The molecule has 0 saturated carbocycles. The Bertz CT molecular complexity index is 1250. The van der Waals surface area contributed by atoms with Crippen LogP contribution in [0.1, 0.15) is 22.7 Å². The second-order valence-electron chi connectivity index (χ2n) is 7.22. The Hall–Kier alpha value is -3.58. The van der Waals surface area contributed by atoms with Crippen LogP contribution in [0.2, 0.25) is 0 Å². The molecule has 7 heteroatoms. The number of aromatic hydroxyl groups is 2. The van der Waals surface area contributed by atoms with E-state index in [4.69, 9.17) is 0 Å². The number of ketones is 1. The standard InChI is InChI=1S/C24H18BrNO5/c1-13-11-15(9-10-17(13)25)22(29)20-21(14-5-4-6-16(27)12-14)26(24(31)23(20)30)18-7-2-3-8-19(18)28/h2-12,21,27-29H,1H3/b22-20-. The normalized spacial score (nSPS) is 17.9. The Labute approximate surface area is 186 Å². The molecule has 0 aliphatic carbocycles. The van der Waals surface area contributed by atoms with Gasteiger partial charge in [-0.2, -0.15) is 0 Å². The van der Waals surface area contributed by atoms with E-state index >= 15 is 0 Å². The van der Waals surface area contributed by atoms with Gasteiger partial charge in [-0.25, -0.2) is 0 Å². The van der Waals surface area contributed by atoms with Gasteiger partial charge in [0.15, 0.2) is 0 Å². The monoisotopic (exact) mass is 479 g/mol. The smallest absolute Gasteiger partial charge is 0.300 e. The molecule has 6 nitrogen and oxygen atoms in total. The average molecular weight is 480 g/mol. The molecule has 3 aromatic rings. The highest BCUT2D eigenvalue weighted by atomic mass is 79.9. The third-order valence-corrected chi connectivity index (χ3v) is 6.09. The van der Waals surface area contributed by atoms with E-state index in [2.05, 4.69) is 15.9 Å². The van der Waals surface area contributed by atoms with Crippen molar-refractivity contribution in [3.05, 3.63) is 93.5 Å². The third kappa shape index (κ3) is 3.57. The number of rotatable bonds is 3. The van der Waals surface area contributed by atoms with E-state index in [1.165, 1.54) is 24.3 Å². The number of amides is 1. The van der Waals surface area contributed by atoms with Crippen LogP contribution in [0, 0.1) is 6.92 Å². The summed E-state index contributed by atoms with van der Waals surface area (Å²) in [6.45, 7) is 1.84. The lowest BCUT2D eigenvalue weighted by atomic mass is 9.94. The molecule has 1 saturated heterocycles. The number of aryl methyl sites for hydroxylation is 1. The summed E-state index contributed by atoms with van der Waals surface area (Å²) in [4.78, 5) is 27.3. The van der Waals surface area contributed by atoms with E-state index < -0.39 is 17.7 Å². The molecule has 1 amide bonds. The zero-order valence-electron chi connectivity index (χ0n) is 16.4. The van der Waals surface area contributed by atoms with Crippen molar-refractivity contribution in [3.8, 4) is 11.5 Å². The molecule has 4 rings (SSSR count). The number of Topliss-reactive ketones (excluding diaryl/α,β-unsaturated/α-hetero) is 1. The fourth-order valence-corrected chi connectivity index (χ4v) is 3.95. The molecule has 0 radical (unpaired) electrons. The van der Waals surface area contributed by atoms with Crippen molar-refractivity contribution in [2.24, 2.45) is 0 Å². The number of anilines is 1. The number of para-hydroxylation sites is 2. The third-order valence-electron chi connectivity index (χ3n) is 5.20. The van der Waals surface area contributed by atoms with Crippen LogP contribution in [0.3, 0.4) is 0 Å². The molecule has 1 atom stereocenters. The van der Waals surface area contributed by atoms with Crippen LogP contribution in [0.5, 0.6) is 11.5 Å². The van der Waals surface area contributed by atoms with E-state index in [1.54, 1.807) is 42.5 Å². The SMILES string of the molecule is Cc1cc(/C(O)=C2/C(=O)C(=O)N(c3ccccc3O)C2c2cccc(O)c2)ccc1Br. The van der Waals surface area contributed by atoms with Crippen LogP contribution in [0.25, 0.3) is 5.76 Å². The Morgan fingerprint density at radius 1 is 0.968 bits per heavy atom. The predicted molar refractivity (Wildman–Crippen MR) is 120 cm³/mol. The summed E-state index contributed by atoms with van der Waals surface area (Å²) in [6.07, 6.45) is 0. The van der Waals surface area contributed by atoms with Crippen LogP contribution in [-0.2, 0) is 9.59 Å². The number of phenolic OH excluding ortho intramolecular Hbond substituents is 2. The van der Waals surface area contributed by atoms with Crippen molar-refractivity contribution in [1.82, 2.24) is 0 Å². The minimum atomic E-state index is -1.04. The second kappa shape index (κ2) is 7.92. The number of aliphatic hydroxyl groups is 1. The minimum absolute atomic E-state index is 0.0557. The number of phenols is 2. The summed E-state index contributed by atoms with van der Waals surface area (Å²) in [7, 11) is 0. The van der Waals surface area contributed by atoms with E-state index in [-0.39, 0.29) is 28.5 Å². The summed E-state index contributed by atoms with van der Waals surface area (Å²) >= 11 is 3.41. The first-order valence-corrected chi connectivity index (χ1v) is 10.2. The molecule has 156 valence electrons. The van der Waals surface area contributed by atoms with Gasteiger partial charge in [-0.3, -0.25) is 14.5 Å². The van der Waals surface area contributed by atoms with Gasteiger partial charge in [0.05, 0.1) is 17.3 Å². The Kier molecular flexibility index (Phi) is 5.29. The van der Waals surface area contributed by atoms with Crippen LogP contribution in [0.15, 0.2) is 76.8 Å². The molecule has 1 unspecified atom stereocenters. The van der Waals surface area contributed by atoms with Crippen LogP contribution >= 0.6 is 15.9 Å². The quantitative estimate of drug-likeness (QED) is 0.284. The highest BCUT2D eigenvalue weighted by molar-refractivity contribution is 9.10. The molecular weight excluding hydrogens is 462 g/mol. The maximum absolute atomic E-state index is 13.1. The summed E-state index contributed by atoms with van der Waals surface area (Å²) < 4.78 is 0.836. The van der Waals surface area contributed by atoms with Gasteiger partial charge in [-0.15, -0.1) is 0 Å². The zero-order valence-corrected chi connectivity index (χ0v) is 18.0. The zero-order chi connectivity index (χ0) is 22.3. The highest BCUT2D eigenvalue weighted by Crippen LogP contribution is 2.45. The van der Waals surface area contributed by atoms with Crippen LogP contribution in [0.4, 0.5) is 5.69 Å². The Morgan fingerprint density at radius 3 is 2.39 bits per heavy atom. The average Bonchev–Trinajstić information content (AvgIpc) is 3.01. The number of carbonyl (C=O) groups is 2. The first kappa shape index (κ1) is 20.7. The molecular formula is C24H18BrNO5. The topological polar surface area (TPSA) is 98.1 Å². The van der Waals surface area contributed by atoms with Gasteiger partial charge < -0.3 is 15.3 Å². The highest BCUT2D eigenvalue weighted by Gasteiger charge is 2.47. The maximum Gasteiger partial charge on any atom is 0.300 e. The van der Waals surface area contributed by atoms with Crippen molar-refractivity contribution < 1.29 is 24.9 Å². The number of carbonyl (C=O) groups excluding carboxylic acids is 2. The lowest BCUT2D eigenvalue weighted by Crippen LogP contribution is -2.29. The van der Waals surface area contributed by atoms with Gasteiger partial charge in [0.25, 0.3) is 11.7 Å². The molecule has 3 N–H and O–H groups in total. The van der Waals surface area contributed by atoms with Crippen molar-refractivity contribution in [3.63, 3.8) is 0 Å². The largest absolute Gasteiger partial charge is 0.508 e. The number of halogens is 1. The van der Waals surface area contributed by atoms with Crippen molar-refractivity contribution in [1.29, 1.82) is 0 Å². The molecule has 1 fully saturated rings. The summed E-state index contributed by atoms with van der Waals surface area (Å²) in [6, 6.07) is 16.3. The number of hydrogen-bond acceptors (Lipinski definition) is 5. The molecule has 31 heavy (non-hydrogen) atoms. The number of aliphatic hydroxyl groups excluding tert-OH is 1. The number of nitrogens with zero attached hydrogens (tertiary/aromatic N) is 1. The summed E-state index contributed by atoms with van der Waals surface area (Å²) in [5.74, 6) is -2.34. The van der Waals surface area contributed by atoms with Crippen molar-refractivity contribution >= 4 is 39.1 Å². The van der Waals surface area contributed by atoms with Gasteiger partial charge in [-0.1, -0.05) is 46.3 Å². The van der Waals surface area contributed by atoms with Crippen LogP contribution in [-0.4, -0.2) is 27.0 Å². The molecule has 1 aliphatic heterocycles. The van der Waals surface area contributed by atoms with Crippen molar-refractivity contribution in [2.45, 2.75) is 13.0 Å². The first-order valence-electron chi connectivity index (χ1n) is 9.44. The van der Waals surface area contributed by atoms with Gasteiger partial charge in [0.2, 0.25) is 0 Å². The first-order chi connectivity index (χ1) is 14.8. The van der Waals surface area contributed by atoms with Gasteiger partial charge in [0.1, 0.15) is 17.3 Å². The van der Waals surface area contributed by atoms with Crippen LogP contribution < -0.4 is 4.90 Å². The summed E-state index contributed by atoms with van der Waals surface area (Å²) in [5.41, 5.74) is 1.64. The maximum atomic E-state index is 13.1. The predicted octanol–water partition coefficient (Wildman–Crippen LogP) is 4.80. The van der Waals surface area contributed by atoms with E-state index in [0.717, 1.165) is 14.9 Å². The fourth-order valence-electron chi connectivity index (χ4n) is 3.71. The van der Waals surface area contributed by atoms with E-state index in [9.17, 15) is 24.9 Å². The lowest BCUT2D eigenvalue weighted by Gasteiger charge is -2.26. The minimum Gasteiger partial charge on any atom is -0.508 e. The second-order valence-corrected chi connectivity index (χ2v) is 8.07. The molecule has 1 aliphatic rings. The Morgan fingerprint density at radius 2 is 1.71 bits per heavy atom. The molecule has 0 bridgehead atoms. The molecule has 0 spiro atoms. The van der Waals surface area contributed by atoms with Gasteiger partial charge in [0, 0.05) is 10.0 Å². The number of hydrogen-bond donors (Lipinski definition) is 3.